The molecule has 1 saturated heterocycles. The largest absolute Gasteiger partial charge is 0.478 e. The third-order valence-electron chi connectivity index (χ3n) is 5.32. The van der Waals surface area contributed by atoms with E-state index in [0.29, 0.717) is 42.6 Å². The quantitative estimate of drug-likeness (QED) is 0.598. The number of carboxylic acid groups (broad SMARTS) is 1. The molecule has 1 amide bonds. The third-order valence-corrected chi connectivity index (χ3v) is 6.33. The van der Waals surface area contributed by atoms with Crippen molar-refractivity contribution < 1.29 is 32.6 Å². The summed E-state index contributed by atoms with van der Waals surface area (Å²) < 4.78 is 45.2. The number of nitrogens with zero attached hydrogens (tertiary/aromatic N) is 4. The van der Waals surface area contributed by atoms with Gasteiger partial charge >= 0.3 is 12.1 Å². The Morgan fingerprint density at radius 1 is 1.14 bits per heavy atom. The first-order chi connectivity index (χ1) is 16.7. The highest BCUT2D eigenvalue weighted by Gasteiger charge is 2.32. The molecule has 2 aliphatic heterocycles. The maximum atomic E-state index is 13.3. The van der Waals surface area contributed by atoms with E-state index in [9.17, 15) is 22.8 Å². The summed E-state index contributed by atoms with van der Waals surface area (Å²) in [5.74, 6) is -1.71. The molecule has 0 spiro atoms. The molecule has 0 radical (unpaired) electrons. The van der Waals surface area contributed by atoms with E-state index in [1.54, 1.807) is 12.1 Å². The molecule has 1 fully saturated rings. The van der Waals surface area contributed by atoms with Gasteiger partial charge in [-0.1, -0.05) is 23.9 Å². The van der Waals surface area contributed by atoms with Crippen molar-refractivity contribution in [3.05, 3.63) is 59.2 Å². The van der Waals surface area contributed by atoms with Crippen molar-refractivity contribution in [3.8, 4) is 0 Å². The molecule has 184 valence electrons. The van der Waals surface area contributed by atoms with Crippen LogP contribution in [0.15, 0.2) is 57.9 Å². The number of carbonyl (C=O) groups excluding carboxylic acids is 1. The third kappa shape index (κ3) is 5.98. The SMILES string of the molecule is O=C(CSC1=NN=NC1c1ccc(C(=O)O)cc1)Nc1cc(C(F)(F)F)ccc1N1CCOCC1. The maximum absolute atomic E-state index is 13.3. The number of hydrogen-bond acceptors (Lipinski definition) is 8. The number of morpholine rings is 1. The first-order valence-electron chi connectivity index (χ1n) is 10.5. The van der Waals surface area contributed by atoms with Crippen LogP contribution in [0.3, 0.4) is 0 Å². The Hall–Kier alpha value is -3.45. The summed E-state index contributed by atoms with van der Waals surface area (Å²) >= 11 is 1.05. The van der Waals surface area contributed by atoms with Gasteiger partial charge in [-0.3, -0.25) is 4.79 Å². The molecular formula is C22H20F3N5O4S. The van der Waals surface area contributed by atoms with Crippen molar-refractivity contribution in [2.75, 3.05) is 42.3 Å². The number of halogens is 3. The van der Waals surface area contributed by atoms with Gasteiger partial charge in [0.05, 0.1) is 41.5 Å². The van der Waals surface area contributed by atoms with Crippen LogP contribution in [0.1, 0.15) is 27.5 Å². The summed E-state index contributed by atoms with van der Waals surface area (Å²) in [4.78, 5) is 25.6. The van der Waals surface area contributed by atoms with Gasteiger partial charge in [0.1, 0.15) is 11.1 Å². The first kappa shape index (κ1) is 24.7. The van der Waals surface area contributed by atoms with Crippen molar-refractivity contribution in [1.29, 1.82) is 0 Å². The molecule has 1 unspecified atom stereocenters. The second-order valence-corrected chi connectivity index (χ2v) is 8.63. The smallest absolute Gasteiger partial charge is 0.416 e. The molecule has 2 aromatic rings. The zero-order chi connectivity index (χ0) is 25.0. The van der Waals surface area contributed by atoms with E-state index in [0.717, 1.165) is 23.9 Å². The van der Waals surface area contributed by atoms with Crippen LogP contribution in [-0.2, 0) is 15.7 Å². The van der Waals surface area contributed by atoms with Gasteiger partial charge in [0, 0.05) is 13.1 Å². The van der Waals surface area contributed by atoms with Gasteiger partial charge in [-0.05, 0) is 41.1 Å². The fraction of sp³-hybridized carbons (Fsp3) is 0.318. The van der Waals surface area contributed by atoms with Gasteiger partial charge in [0.25, 0.3) is 0 Å². The average molecular weight is 507 g/mol. The van der Waals surface area contributed by atoms with Crippen LogP contribution >= 0.6 is 11.8 Å². The Balaban J connectivity index is 1.44. The topological polar surface area (TPSA) is 116 Å². The van der Waals surface area contributed by atoms with Crippen molar-refractivity contribution in [2.45, 2.75) is 12.2 Å². The van der Waals surface area contributed by atoms with Crippen molar-refractivity contribution in [1.82, 2.24) is 0 Å². The normalized spacial score (nSPS) is 17.9. The summed E-state index contributed by atoms with van der Waals surface area (Å²) in [5.41, 5.74) is 0.456. The number of carbonyl (C=O) groups is 2. The van der Waals surface area contributed by atoms with Gasteiger partial charge in [-0.2, -0.15) is 18.3 Å². The Morgan fingerprint density at radius 3 is 2.51 bits per heavy atom. The zero-order valence-electron chi connectivity index (χ0n) is 18.2. The Labute approximate surface area is 202 Å². The minimum Gasteiger partial charge on any atom is -0.478 e. The Morgan fingerprint density at radius 2 is 1.86 bits per heavy atom. The highest BCUT2D eigenvalue weighted by molar-refractivity contribution is 8.14. The Bertz CT molecular complexity index is 1160. The zero-order valence-corrected chi connectivity index (χ0v) is 19.0. The lowest BCUT2D eigenvalue weighted by atomic mass is 10.1. The van der Waals surface area contributed by atoms with Crippen molar-refractivity contribution in [2.24, 2.45) is 15.4 Å². The highest BCUT2D eigenvalue weighted by Crippen LogP contribution is 2.36. The molecule has 13 heteroatoms. The molecule has 0 saturated carbocycles. The van der Waals surface area contributed by atoms with Crippen LogP contribution < -0.4 is 10.2 Å². The summed E-state index contributed by atoms with van der Waals surface area (Å²) in [7, 11) is 0. The van der Waals surface area contributed by atoms with Crippen LogP contribution in [-0.4, -0.2) is 54.1 Å². The van der Waals surface area contributed by atoms with E-state index in [4.69, 9.17) is 9.84 Å². The predicted octanol–water partition coefficient (Wildman–Crippen LogP) is 4.43. The number of aromatic carboxylic acids is 1. The second-order valence-electron chi connectivity index (χ2n) is 7.64. The van der Waals surface area contributed by atoms with Crippen LogP contribution in [0.2, 0.25) is 0 Å². The predicted molar refractivity (Wildman–Crippen MR) is 124 cm³/mol. The van der Waals surface area contributed by atoms with Crippen molar-refractivity contribution in [3.63, 3.8) is 0 Å². The van der Waals surface area contributed by atoms with Crippen LogP contribution in [0, 0.1) is 0 Å². The number of rotatable bonds is 6. The molecule has 2 N–H and O–H groups in total. The van der Waals surface area contributed by atoms with E-state index < -0.39 is 29.7 Å². The lowest BCUT2D eigenvalue weighted by Crippen LogP contribution is -2.37. The molecule has 4 rings (SSSR count). The molecule has 0 aromatic heterocycles. The summed E-state index contributed by atoms with van der Waals surface area (Å²) in [6.07, 6.45) is -4.55. The Kier molecular flexibility index (Phi) is 7.36. The number of carboxylic acids is 1. The number of alkyl halides is 3. The molecule has 2 heterocycles. The lowest BCUT2D eigenvalue weighted by Gasteiger charge is -2.31. The lowest BCUT2D eigenvalue weighted by molar-refractivity contribution is -0.137. The monoisotopic (exact) mass is 507 g/mol. The number of amides is 1. The van der Waals surface area contributed by atoms with Gasteiger partial charge in [0.2, 0.25) is 5.91 Å². The fourth-order valence-electron chi connectivity index (χ4n) is 3.57. The summed E-state index contributed by atoms with van der Waals surface area (Å²) in [5, 5.41) is 23.7. The molecule has 0 bridgehead atoms. The minimum atomic E-state index is -4.55. The fourth-order valence-corrected chi connectivity index (χ4v) is 4.36. The number of nitrogens with one attached hydrogen (secondary N) is 1. The number of benzene rings is 2. The van der Waals surface area contributed by atoms with E-state index in [1.807, 2.05) is 4.90 Å². The number of ether oxygens (including phenoxy) is 1. The van der Waals surface area contributed by atoms with Gasteiger partial charge in [-0.25, -0.2) is 4.79 Å². The minimum absolute atomic E-state index is 0.0656. The van der Waals surface area contributed by atoms with Gasteiger partial charge < -0.3 is 20.1 Å². The van der Waals surface area contributed by atoms with Gasteiger partial charge in [0.15, 0.2) is 0 Å². The van der Waals surface area contributed by atoms with E-state index in [1.165, 1.54) is 18.2 Å². The van der Waals surface area contributed by atoms with Crippen LogP contribution in [0.4, 0.5) is 24.5 Å². The van der Waals surface area contributed by atoms with Gasteiger partial charge in [-0.15, -0.1) is 5.10 Å². The van der Waals surface area contributed by atoms with Crippen LogP contribution in [0.25, 0.3) is 0 Å². The molecule has 2 aliphatic rings. The maximum Gasteiger partial charge on any atom is 0.416 e. The summed E-state index contributed by atoms with van der Waals surface area (Å²) in [6, 6.07) is 8.73. The molecule has 0 aliphatic carbocycles. The number of hydrogen-bond donors (Lipinski definition) is 2. The molecule has 1 atom stereocenters. The highest BCUT2D eigenvalue weighted by atomic mass is 32.2. The number of thioether (sulfide) groups is 1. The first-order valence-corrected chi connectivity index (χ1v) is 11.5. The molecule has 9 nitrogen and oxygen atoms in total. The molecule has 35 heavy (non-hydrogen) atoms. The standard InChI is InChI=1S/C22H20F3N5O4S/c23-22(24,25)15-5-6-17(30-7-9-34-10-8-30)16(11-15)26-18(31)12-35-20-19(27-29-28-20)13-1-3-14(4-2-13)21(32)33/h1-6,11,19H,7-10,12H2,(H,26,31)(H,32,33). The molecular weight excluding hydrogens is 487 g/mol. The van der Waals surface area contributed by atoms with E-state index in [-0.39, 0.29) is 17.0 Å². The average Bonchev–Trinajstić information content (AvgIpc) is 3.31. The molecule has 2 aromatic carbocycles. The van der Waals surface area contributed by atoms with Crippen molar-refractivity contribution >= 4 is 40.1 Å². The van der Waals surface area contributed by atoms with Crippen LogP contribution in [0.5, 0.6) is 0 Å². The second kappa shape index (κ2) is 10.4. The van der Waals surface area contributed by atoms with E-state index in [2.05, 4.69) is 20.8 Å². The number of anilines is 2. The van der Waals surface area contributed by atoms with E-state index >= 15 is 0 Å². The summed E-state index contributed by atoms with van der Waals surface area (Å²) in [6.45, 7) is 1.86.